The average molecular weight is 327 g/mol. The number of alkyl carbamates (subject to hydrolysis) is 1. The van der Waals surface area contributed by atoms with E-state index in [1.165, 1.54) is 7.11 Å². The number of rotatable bonds is 2. The van der Waals surface area contributed by atoms with Gasteiger partial charge in [-0.05, 0) is 46.5 Å². The molecule has 1 saturated carbocycles. The van der Waals surface area contributed by atoms with Gasteiger partial charge < -0.3 is 15.2 Å². The standard InChI is InChI=1S/C16H29N3O4/c1-16(2,3)23-15(21)19-14(17)18-12-9-5-7-11(8-6-10-12)13(20)22-4/h11-12H,5-10H2,1-4H3,(H3,17,18,19,21). The summed E-state index contributed by atoms with van der Waals surface area (Å²) in [5.41, 5.74) is 5.20. The number of esters is 1. The Morgan fingerprint density at radius 2 is 1.70 bits per heavy atom. The molecule has 1 aliphatic rings. The van der Waals surface area contributed by atoms with Crippen molar-refractivity contribution in [2.24, 2.45) is 16.6 Å². The lowest BCUT2D eigenvalue weighted by atomic mass is 9.89. The van der Waals surface area contributed by atoms with Gasteiger partial charge in [0.1, 0.15) is 5.60 Å². The molecule has 1 rings (SSSR count). The predicted octanol–water partition coefficient (Wildman–Crippen LogP) is 2.34. The van der Waals surface area contributed by atoms with Crippen LogP contribution >= 0.6 is 0 Å². The zero-order chi connectivity index (χ0) is 17.5. The fourth-order valence-corrected chi connectivity index (χ4v) is 2.66. The monoisotopic (exact) mass is 327 g/mol. The van der Waals surface area contributed by atoms with Gasteiger partial charge in [-0.2, -0.15) is 0 Å². The summed E-state index contributed by atoms with van der Waals surface area (Å²) in [6.45, 7) is 5.35. The molecule has 0 atom stereocenters. The quantitative estimate of drug-likeness (QED) is 0.460. The van der Waals surface area contributed by atoms with Crippen molar-refractivity contribution in [1.82, 2.24) is 5.32 Å². The fraction of sp³-hybridized carbons (Fsp3) is 0.812. The minimum Gasteiger partial charge on any atom is -0.469 e. The highest BCUT2D eigenvalue weighted by molar-refractivity contribution is 5.93. The van der Waals surface area contributed by atoms with Gasteiger partial charge in [0.15, 0.2) is 5.96 Å². The van der Waals surface area contributed by atoms with Crippen LogP contribution in [0.25, 0.3) is 0 Å². The molecular weight excluding hydrogens is 298 g/mol. The van der Waals surface area contributed by atoms with E-state index in [0.29, 0.717) is 0 Å². The van der Waals surface area contributed by atoms with E-state index >= 15 is 0 Å². The molecule has 1 amide bonds. The Hall–Kier alpha value is -1.79. The molecule has 0 radical (unpaired) electrons. The van der Waals surface area contributed by atoms with E-state index in [-0.39, 0.29) is 23.9 Å². The van der Waals surface area contributed by atoms with Gasteiger partial charge in [0.2, 0.25) is 0 Å². The maximum absolute atomic E-state index is 11.6. The molecule has 23 heavy (non-hydrogen) atoms. The predicted molar refractivity (Wildman–Crippen MR) is 88.0 cm³/mol. The van der Waals surface area contributed by atoms with Gasteiger partial charge in [0, 0.05) is 0 Å². The molecule has 0 aromatic carbocycles. The maximum atomic E-state index is 11.6. The third-order valence-electron chi connectivity index (χ3n) is 3.67. The topological polar surface area (TPSA) is 103 Å². The normalized spacial score (nSPS) is 23.4. The summed E-state index contributed by atoms with van der Waals surface area (Å²) < 4.78 is 9.95. The fourth-order valence-electron chi connectivity index (χ4n) is 2.66. The number of hydrogen-bond donors (Lipinski definition) is 2. The number of carbonyl (C=O) groups excluding carboxylic acids is 2. The molecule has 0 aromatic heterocycles. The van der Waals surface area contributed by atoms with Crippen molar-refractivity contribution >= 4 is 18.0 Å². The van der Waals surface area contributed by atoms with E-state index in [1.54, 1.807) is 20.8 Å². The van der Waals surface area contributed by atoms with E-state index in [9.17, 15) is 9.59 Å². The summed E-state index contributed by atoms with van der Waals surface area (Å²) in [4.78, 5) is 27.6. The molecule has 0 bridgehead atoms. The van der Waals surface area contributed by atoms with Crippen LogP contribution in [0.2, 0.25) is 0 Å². The number of nitrogens with one attached hydrogen (secondary N) is 1. The largest absolute Gasteiger partial charge is 0.469 e. The summed E-state index contributed by atoms with van der Waals surface area (Å²) >= 11 is 0. The van der Waals surface area contributed by atoms with Gasteiger partial charge in [-0.1, -0.05) is 12.8 Å². The van der Waals surface area contributed by atoms with Crippen LogP contribution in [0.1, 0.15) is 59.3 Å². The second-order valence-corrected chi connectivity index (χ2v) is 6.88. The van der Waals surface area contributed by atoms with Crippen molar-refractivity contribution in [1.29, 1.82) is 0 Å². The van der Waals surface area contributed by atoms with Crippen LogP contribution in [-0.4, -0.2) is 36.8 Å². The zero-order valence-corrected chi connectivity index (χ0v) is 14.6. The van der Waals surface area contributed by atoms with E-state index in [4.69, 9.17) is 15.2 Å². The first kappa shape index (κ1) is 19.3. The van der Waals surface area contributed by atoms with Crippen molar-refractivity contribution in [2.75, 3.05) is 7.11 Å². The van der Waals surface area contributed by atoms with Crippen LogP contribution in [-0.2, 0) is 14.3 Å². The summed E-state index contributed by atoms with van der Waals surface area (Å²) in [6.07, 6.45) is 4.45. The highest BCUT2D eigenvalue weighted by Crippen LogP contribution is 2.25. The van der Waals surface area contributed by atoms with Gasteiger partial charge in [-0.3, -0.25) is 10.1 Å². The van der Waals surface area contributed by atoms with Gasteiger partial charge in [-0.25, -0.2) is 9.79 Å². The maximum Gasteiger partial charge on any atom is 0.414 e. The lowest BCUT2D eigenvalue weighted by molar-refractivity contribution is -0.146. The number of hydrogen-bond acceptors (Lipinski definition) is 5. The molecule has 1 fully saturated rings. The summed E-state index contributed by atoms with van der Waals surface area (Å²) in [5, 5.41) is 2.45. The third kappa shape index (κ3) is 7.85. The molecule has 0 saturated heterocycles. The number of amides is 1. The molecule has 0 aromatic rings. The van der Waals surface area contributed by atoms with Crippen molar-refractivity contribution in [3.05, 3.63) is 0 Å². The van der Waals surface area contributed by atoms with E-state index < -0.39 is 11.7 Å². The molecule has 0 unspecified atom stereocenters. The Balaban J connectivity index is 2.47. The third-order valence-corrected chi connectivity index (χ3v) is 3.67. The van der Waals surface area contributed by atoms with Gasteiger partial charge in [0.05, 0.1) is 19.1 Å². The van der Waals surface area contributed by atoms with Gasteiger partial charge in [-0.15, -0.1) is 0 Å². The van der Waals surface area contributed by atoms with Crippen LogP contribution in [0.3, 0.4) is 0 Å². The highest BCUT2D eigenvalue weighted by atomic mass is 16.6. The van der Waals surface area contributed by atoms with E-state index in [2.05, 4.69) is 10.3 Å². The minimum absolute atomic E-state index is 0.0119. The van der Waals surface area contributed by atoms with Crippen molar-refractivity contribution in [2.45, 2.75) is 70.9 Å². The van der Waals surface area contributed by atoms with E-state index in [1.807, 2.05) is 0 Å². The molecule has 0 spiro atoms. The Labute approximate surface area is 138 Å². The average Bonchev–Trinajstić information content (AvgIpc) is 2.38. The van der Waals surface area contributed by atoms with Crippen LogP contribution in [0.15, 0.2) is 4.99 Å². The van der Waals surface area contributed by atoms with Crippen LogP contribution in [0, 0.1) is 5.92 Å². The van der Waals surface area contributed by atoms with Crippen molar-refractivity contribution in [3.63, 3.8) is 0 Å². The van der Waals surface area contributed by atoms with Crippen LogP contribution in [0.5, 0.6) is 0 Å². The van der Waals surface area contributed by atoms with Gasteiger partial charge in [0.25, 0.3) is 0 Å². The molecule has 132 valence electrons. The number of nitrogens with two attached hydrogens (primary N) is 1. The van der Waals surface area contributed by atoms with Gasteiger partial charge >= 0.3 is 12.1 Å². The number of nitrogens with zero attached hydrogens (tertiary/aromatic N) is 1. The van der Waals surface area contributed by atoms with Crippen LogP contribution in [0.4, 0.5) is 4.79 Å². The second-order valence-electron chi connectivity index (χ2n) is 6.88. The SMILES string of the molecule is COC(=O)C1CCCC(N=C(N)NC(=O)OC(C)(C)C)CCC1. The number of methoxy groups -OCH3 is 1. The number of aliphatic imine (C=N–C) groups is 1. The molecule has 7 heteroatoms. The summed E-state index contributed by atoms with van der Waals surface area (Å²) in [7, 11) is 1.43. The van der Waals surface area contributed by atoms with Crippen LogP contribution < -0.4 is 11.1 Å². The minimum atomic E-state index is -0.602. The van der Waals surface area contributed by atoms with Crippen molar-refractivity contribution < 1.29 is 19.1 Å². The molecule has 7 nitrogen and oxygen atoms in total. The molecule has 1 aliphatic carbocycles. The Bertz CT molecular complexity index is 433. The molecule has 0 heterocycles. The number of guanidine groups is 1. The number of ether oxygens (including phenoxy) is 2. The highest BCUT2D eigenvalue weighted by Gasteiger charge is 2.23. The lowest BCUT2D eigenvalue weighted by Gasteiger charge is -2.22. The first-order valence-electron chi connectivity index (χ1n) is 8.12. The molecular formula is C16H29N3O4. The van der Waals surface area contributed by atoms with Crippen molar-refractivity contribution in [3.8, 4) is 0 Å². The zero-order valence-electron chi connectivity index (χ0n) is 14.6. The smallest absolute Gasteiger partial charge is 0.414 e. The molecule has 0 aliphatic heterocycles. The second kappa shape index (κ2) is 8.74. The van der Waals surface area contributed by atoms with E-state index in [0.717, 1.165) is 38.5 Å². The Kier molecular flexibility index (Phi) is 7.32. The molecule has 3 N–H and O–H groups in total. The first-order valence-corrected chi connectivity index (χ1v) is 8.12. The summed E-state index contributed by atoms with van der Waals surface area (Å²) in [5.74, 6) is -0.0606. The first-order chi connectivity index (χ1) is 10.7. The number of carbonyl (C=O) groups is 2. The lowest BCUT2D eigenvalue weighted by Crippen LogP contribution is -2.41. The summed E-state index contributed by atoms with van der Waals surface area (Å²) in [6, 6.07) is 0.0588. The Morgan fingerprint density at radius 1 is 1.13 bits per heavy atom. The Morgan fingerprint density at radius 3 is 2.17 bits per heavy atom.